The van der Waals surface area contributed by atoms with Crippen molar-refractivity contribution in [1.82, 2.24) is 15.2 Å². The fraction of sp³-hybridized carbons (Fsp3) is 0.824. The molecule has 116 valence electrons. The Labute approximate surface area is 132 Å². The van der Waals surface area contributed by atoms with Crippen LogP contribution in [0.5, 0.6) is 0 Å². The van der Waals surface area contributed by atoms with Gasteiger partial charge in [-0.3, -0.25) is 0 Å². The molecule has 3 heterocycles. The zero-order valence-electron chi connectivity index (χ0n) is 13.3. The van der Waals surface area contributed by atoms with Crippen LogP contribution in [-0.2, 0) is 6.54 Å². The number of nitrogens with zero attached hydrogens (tertiary/aromatic N) is 2. The molecule has 21 heavy (non-hydrogen) atoms. The molecule has 1 aromatic heterocycles. The lowest BCUT2D eigenvalue weighted by molar-refractivity contribution is 0.161. The Morgan fingerprint density at radius 3 is 2.48 bits per heavy atom. The van der Waals surface area contributed by atoms with Crippen molar-refractivity contribution in [2.24, 2.45) is 0 Å². The summed E-state index contributed by atoms with van der Waals surface area (Å²) >= 11 is 2.02. The second kappa shape index (κ2) is 5.64. The van der Waals surface area contributed by atoms with E-state index in [9.17, 15) is 0 Å². The van der Waals surface area contributed by atoms with E-state index in [-0.39, 0.29) is 0 Å². The van der Waals surface area contributed by atoms with Gasteiger partial charge in [-0.2, -0.15) is 0 Å². The van der Waals surface area contributed by atoms with Crippen LogP contribution in [0, 0.1) is 0 Å². The molecule has 2 saturated heterocycles. The molecule has 2 aliphatic heterocycles. The monoisotopic (exact) mass is 305 g/mol. The third kappa shape index (κ3) is 2.66. The van der Waals surface area contributed by atoms with E-state index in [2.05, 4.69) is 24.2 Å². The van der Waals surface area contributed by atoms with E-state index >= 15 is 0 Å². The molecule has 1 aromatic rings. The first kappa shape index (κ1) is 14.2. The van der Waals surface area contributed by atoms with Crippen LogP contribution in [0.1, 0.15) is 72.9 Å². The van der Waals surface area contributed by atoms with E-state index < -0.39 is 0 Å². The Morgan fingerprint density at radius 1 is 1.14 bits per heavy atom. The van der Waals surface area contributed by atoms with Gasteiger partial charge in [0.2, 0.25) is 0 Å². The molecule has 2 unspecified atom stereocenters. The van der Waals surface area contributed by atoms with Crippen LogP contribution in [0.25, 0.3) is 0 Å². The molecule has 1 saturated carbocycles. The molecular weight excluding hydrogens is 278 g/mol. The Balaban J connectivity index is 1.55. The maximum absolute atomic E-state index is 5.13. The molecule has 3 nitrogen and oxygen atoms in total. The third-order valence-electron chi connectivity index (χ3n) is 5.69. The SMILES string of the molecule is CCNCc1sc(C2CC3CCC(C2)N3C)nc1C1CC1. The molecule has 2 atom stereocenters. The van der Waals surface area contributed by atoms with Gasteiger partial charge in [-0.05, 0) is 52.1 Å². The van der Waals surface area contributed by atoms with Gasteiger partial charge < -0.3 is 10.2 Å². The molecule has 3 fully saturated rings. The fourth-order valence-electron chi connectivity index (χ4n) is 4.21. The van der Waals surface area contributed by atoms with Gasteiger partial charge in [0.05, 0.1) is 10.7 Å². The van der Waals surface area contributed by atoms with Gasteiger partial charge in [-0.1, -0.05) is 6.92 Å². The number of hydrogen-bond donors (Lipinski definition) is 1. The van der Waals surface area contributed by atoms with Crippen molar-refractivity contribution in [3.8, 4) is 0 Å². The largest absolute Gasteiger partial charge is 0.312 e. The Bertz CT molecular complexity index is 494. The quantitative estimate of drug-likeness (QED) is 0.903. The molecule has 2 bridgehead atoms. The van der Waals surface area contributed by atoms with Crippen LogP contribution in [0.2, 0.25) is 0 Å². The number of nitrogens with one attached hydrogen (secondary N) is 1. The smallest absolute Gasteiger partial charge is 0.0963 e. The lowest BCUT2D eigenvalue weighted by Crippen LogP contribution is -2.39. The van der Waals surface area contributed by atoms with Crippen molar-refractivity contribution in [3.05, 3.63) is 15.6 Å². The van der Waals surface area contributed by atoms with Crippen LogP contribution in [0.3, 0.4) is 0 Å². The van der Waals surface area contributed by atoms with Crippen molar-refractivity contribution in [3.63, 3.8) is 0 Å². The number of hydrogen-bond acceptors (Lipinski definition) is 4. The van der Waals surface area contributed by atoms with Crippen molar-refractivity contribution < 1.29 is 0 Å². The topological polar surface area (TPSA) is 28.2 Å². The summed E-state index contributed by atoms with van der Waals surface area (Å²) in [6, 6.07) is 1.64. The Morgan fingerprint density at radius 2 is 1.86 bits per heavy atom. The minimum atomic E-state index is 0.733. The summed E-state index contributed by atoms with van der Waals surface area (Å²) in [5.41, 5.74) is 1.45. The second-order valence-electron chi connectivity index (χ2n) is 7.13. The zero-order chi connectivity index (χ0) is 14.4. The highest BCUT2D eigenvalue weighted by molar-refractivity contribution is 7.11. The minimum absolute atomic E-state index is 0.733. The highest BCUT2D eigenvalue weighted by Crippen LogP contribution is 2.47. The summed E-state index contributed by atoms with van der Waals surface area (Å²) in [5.74, 6) is 1.52. The predicted octanol–water partition coefficient (Wildman–Crippen LogP) is 3.47. The molecule has 0 radical (unpaired) electrons. The molecule has 0 spiro atoms. The normalized spacial score (nSPS) is 32.8. The summed E-state index contributed by atoms with van der Waals surface area (Å²) in [5, 5.41) is 4.96. The summed E-state index contributed by atoms with van der Waals surface area (Å²) < 4.78 is 0. The number of aromatic nitrogens is 1. The second-order valence-corrected chi connectivity index (χ2v) is 8.25. The highest BCUT2D eigenvalue weighted by Gasteiger charge is 2.40. The fourth-order valence-corrected chi connectivity index (χ4v) is 5.46. The molecule has 4 rings (SSSR count). The van der Waals surface area contributed by atoms with E-state index in [1.807, 2.05) is 11.3 Å². The van der Waals surface area contributed by atoms with Crippen LogP contribution in [0.4, 0.5) is 0 Å². The van der Waals surface area contributed by atoms with Gasteiger partial charge >= 0.3 is 0 Å². The maximum Gasteiger partial charge on any atom is 0.0963 e. The lowest BCUT2D eigenvalue weighted by Gasteiger charge is -2.35. The van der Waals surface area contributed by atoms with E-state index in [1.165, 1.54) is 54.1 Å². The highest BCUT2D eigenvalue weighted by atomic mass is 32.1. The standard InChI is InChI=1S/C17H27N3S/c1-3-18-10-15-16(11-4-5-11)19-17(21-15)12-8-13-6-7-14(9-12)20(13)2/h11-14,18H,3-10H2,1-2H3. The van der Waals surface area contributed by atoms with E-state index in [1.54, 1.807) is 0 Å². The Hall–Kier alpha value is -0.450. The first-order chi connectivity index (χ1) is 10.3. The molecule has 1 N–H and O–H groups in total. The third-order valence-corrected chi connectivity index (χ3v) is 6.92. The molecule has 0 aromatic carbocycles. The molecule has 3 aliphatic rings. The summed E-state index contributed by atoms with van der Waals surface area (Å²) in [6.07, 6.45) is 8.21. The van der Waals surface area contributed by atoms with Crippen molar-refractivity contribution in [2.45, 2.75) is 75.9 Å². The number of piperidine rings is 1. The Kier molecular flexibility index (Phi) is 3.80. The van der Waals surface area contributed by atoms with E-state index in [0.717, 1.165) is 37.0 Å². The van der Waals surface area contributed by atoms with Gasteiger partial charge in [-0.25, -0.2) is 4.98 Å². The van der Waals surface area contributed by atoms with Gasteiger partial charge in [-0.15, -0.1) is 11.3 Å². The lowest BCUT2D eigenvalue weighted by atomic mass is 9.92. The summed E-state index contributed by atoms with van der Waals surface area (Å²) in [7, 11) is 2.33. The molecule has 1 aliphatic carbocycles. The first-order valence-corrected chi connectivity index (χ1v) is 9.50. The van der Waals surface area contributed by atoms with Gasteiger partial charge in [0.25, 0.3) is 0 Å². The van der Waals surface area contributed by atoms with Crippen molar-refractivity contribution in [1.29, 1.82) is 0 Å². The van der Waals surface area contributed by atoms with Crippen molar-refractivity contribution in [2.75, 3.05) is 13.6 Å². The number of rotatable bonds is 5. The number of thiazole rings is 1. The van der Waals surface area contributed by atoms with Crippen LogP contribution in [0.15, 0.2) is 0 Å². The predicted molar refractivity (Wildman–Crippen MR) is 88.0 cm³/mol. The maximum atomic E-state index is 5.13. The van der Waals surface area contributed by atoms with Gasteiger partial charge in [0.15, 0.2) is 0 Å². The van der Waals surface area contributed by atoms with E-state index in [0.29, 0.717) is 0 Å². The van der Waals surface area contributed by atoms with E-state index in [4.69, 9.17) is 4.98 Å². The number of fused-ring (bicyclic) bond motifs is 2. The molecule has 4 heteroatoms. The average Bonchev–Trinajstić information content (AvgIpc) is 3.22. The van der Waals surface area contributed by atoms with Crippen LogP contribution in [-0.4, -0.2) is 35.6 Å². The molecule has 0 amide bonds. The molecular formula is C17H27N3S. The minimum Gasteiger partial charge on any atom is -0.312 e. The summed E-state index contributed by atoms with van der Waals surface area (Å²) in [6.45, 7) is 4.27. The first-order valence-electron chi connectivity index (χ1n) is 8.68. The van der Waals surface area contributed by atoms with Crippen LogP contribution >= 0.6 is 11.3 Å². The zero-order valence-corrected chi connectivity index (χ0v) is 14.1. The average molecular weight is 305 g/mol. The van der Waals surface area contributed by atoms with Crippen molar-refractivity contribution >= 4 is 11.3 Å². The van der Waals surface area contributed by atoms with Gasteiger partial charge in [0.1, 0.15) is 0 Å². The van der Waals surface area contributed by atoms with Crippen LogP contribution < -0.4 is 5.32 Å². The summed E-state index contributed by atoms with van der Waals surface area (Å²) in [4.78, 5) is 9.29. The van der Waals surface area contributed by atoms with Gasteiger partial charge in [0, 0.05) is 35.3 Å².